The Hall–Kier alpha value is -3.17. The van der Waals surface area contributed by atoms with E-state index in [1.807, 2.05) is 32.9 Å². The molecule has 0 spiro atoms. The Morgan fingerprint density at radius 1 is 1.00 bits per heavy atom. The summed E-state index contributed by atoms with van der Waals surface area (Å²) in [7, 11) is 0. The van der Waals surface area contributed by atoms with Crippen molar-refractivity contribution in [1.82, 2.24) is 16.2 Å². The molecule has 0 bridgehead atoms. The van der Waals surface area contributed by atoms with E-state index in [9.17, 15) is 9.59 Å². The van der Waals surface area contributed by atoms with E-state index in [4.69, 9.17) is 26.4 Å². The van der Waals surface area contributed by atoms with Gasteiger partial charge in [0.15, 0.2) is 11.7 Å². The molecule has 0 unspecified atom stereocenters. The summed E-state index contributed by atoms with van der Waals surface area (Å²) in [6.07, 6.45) is 0. The van der Waals surface area contributed by atoms with E-state index in [-0.39, 0.29) is 11.7 Å². The molecule has 0 aromatic heterocycles. The molecule has 2 rings (SSSR count). The third-order valence-corrected chi connectivity index (χ3v) is 4.46. The van der Waals surface area contributed by atoms with Crippen molar-refractivity contribution in [1.29, 1.82) is 0 Å². The lowest BCUT2D eigenvalue weighted by atomic mass is 10.1. The number of ether oxygens (including phenoxy) is 3. The van der Waals surface area contributed by atoms with Crippen molar-refractivity contribution in [3.8, 4) is 11.5 Å². The first-order valence-electron chi connectivity index (χ1n) is 9.80. The summed E-state index contributed by atoms with van der Waals surface area (Å²) in [5.41, 5.74) is 7.27. The molecule has 8 nitrogen and oxygen atoms in total. The van der Waals surface area contributed by atoms with Crippen LogP contribution in [0, 0.1) is 13.8 Å². The number of hydrogen-bond acceptors (Lipinski definition) is 6. The molecule has 0 aliphatic rings. The minimum atomic E-state index is -0.442. The lowest BCUT2D eigenvalue weighted by Gasteiger charge is -2.13. The molecule has 3 N–H and O–H groups in total. The molecule has 166 valence electrons. The van der Waals surface area contributed by atoms with Crippen molar-refractivity contribution >= 4 is 29.1 Å². The van der Waals surface area contributed by atoms with E-state index in [1.54, 1.807) is 30.3 Å². The summed E-state index contributed by atoms with van der Waals surface area (Å²) in [5, 5.41) is 2.44. The summed E-state index contributed by atoms with van der Waals surface area (Å²) < 4.78 is 16.3. The van der Waals surface area contributed by atoms with E-state index in [2.05, 4.69) is 16.2 Å². The smallest absolute Gasteiger partial charge is 0.276 e. The molecule has 0 radical (unpaired) electrons. The predicted molar refractivity (Wildman–Crippen MR) is 121 cm³/mol. The van der Waals surface area contributed by atoms with Gasteiger partial charge in [0.1, 0.15) is 18.1 Å². The van der Waals surface area contributed by atoms with Crippen molar-refractivity contribution < 1.29 is 23.8 Å². The molecule has 0 aliphatic carbocycles. The molecule has 0 atom stereocenters. The maximum Gasteiger partial charge on any atom is 0.276 e. The number of amides is 2. The zero-order chi connectivity index (χ0) is 22.6. The van der Waals surface area contributed by atoms with E-state index >= 15 is 0 Å². The average Bonchev–Trinajstić information content (AvgIpc) is 2.76. The first-order chi connectivity index (χ1) is 14.9. The number of rotatable bonds is 9. The number of hydrogen-bond donors (Lipinski definition) is 3. The first-order valence-corrected chi connectivity index (χ1v) is 10.2. The number of thiocarbonyl (C=S) groups is 1. The van der Waals surface area contributed by atoms with Gasteiger partial charge in [-0.05, 0) is 68.4 Å². The molecule has 0 saturated heterocycles. The number of carbonyl (C=O) groups is 2. The summed E-state index contributed by atoms with van der Waals surface area (Å²) in [6, 6.07) is 12.3. The van der Waals surface area contributed by atoms with E-state index < -0.39 is 11.8 Å². The van der Waals surface area contributed by atoms with E-state index in [0.717, 1.165) is 11.1 Å². The predicted octanol–water partition coefficient (Wildman–Crippen LogP) is 2.43. The molecule has 0 fully saturated rings. The largest absolute Gasteiger partial charge is 0.491 e. The van der Waals surface area contributed by atoms with Gasteiger partial charge in [-0.15, -0.1) is 0 Å². The van der Waals surface area contributed by atoms with E-state index in [1.165, 1.54) is 0 Å². The van der Waals surface area contributed by atoms with Crippen molar-refractivity contribution in [3.05, 3.63) is 59.2 Å². The van der Waals surface area contributed by atoms with Gasteiger partial charge in [0.25, 0.3) is 11.8 Å². The summed E-state index contributed by atoms with van der Waals surface area (Å²) in [6.45, 7) is 7.06. The molecule has 2 aromatic carbocycles. The van der Waals surface area contributed by atoms with Crippen LogP contribution >= 0.6 is 12.2 Å². The van der Waals surface area contributed by atoms with Gasteiger partial charge in [0.2, 0.25) is 0 Å². The Balaban J connectivity index is 1.75. The second-order valence-electron chi connectivity index (χ2n) is 6.52. The number of hydrazine groups is 1. The van der Waals surface area contributed by atoms with Gasteiger partial charge < -0.3 is 14.2 Å². The van der Waals surface area contributed by atoms with Crippen LogP contribution in [-0.4, -0.2) is 43.4 Å². The third kappa shape index (κ3) is 8.23. The van der Waals surface area contributed by atoms with Crippen molar-refractivity contribution in [3.63, 3.8) is 0 Å². The summed E-state index contributed by atoms with van der Waals surface area (Å²) >= 11 is 5.05. The summed E-state index contributed by atoms with van der Waals surface area (Å²) in [4.78, 5) is 24.3. The fraction of sp³-hybridized carbons (Fsp3) is 0.318. The minimum absolute atomic E-state index is 0.0484. The summed E-state index contributed by atoms with van der Waals surface area (Å²) in [5.74, 6) is 0.299. The molecule has 9 heteroatoms. The van der Waals surface area contributed by atoms with Crippen LogP contribution in [0.25, 0.3) is 0 Å². The van der Waals surface area contributed by atoms with Gasteiger partial charge in [-0.2, -0.15) is 0 Å². The average molecular weight is 446 g/mol. The third-order valence-electron chi connectivity index (χ3n) is 4.25. The van der Waals surface area contributed by atoms with Crippen molar-refractivity contribution in [2.75, 3.05) is 26.4 Å². The molecule has 0 heterocycles. The van der Waals surface area contributed by atoms with Crippen LogP contribution in [0.4, 0.5) is 0 Å². The van der Waals surface area contributed by atoms with Crippen LogP contribution in [0.5, 0.6) is 11.5 Å². The Morgan fingerprint density at radius 3 is 2.55 bits per heavy atom. The molecular formula is C22H27N3O5S. The van der Waals surface area contributed by atoms with Gasteiger partial charge >= 0.3 is 0 Å². The first kappa shape index (κ1) is 24.1. The topological polar surface area (TPSA) is 97.9 Å². The van der Waals surface area contributed by atoms with Crippen LogP contribution in [0.1, 0.15) is 28.4 Å². The fourth-order valence-electron chi connectivity index (χ4n) is 2.48. The Kier molecular flexibility index (Phi) is 9.73. The zero-order valence-corrected chi connectivity index (χ0v) is 18.6. The number of benzene rings is 2. The molecule has 0 aliphatic heterocycles. The maximum absolute atomic E-state index is 12.4. The molecular weight excluding hydrogens is 418 g/mol. The normalized spacial score (nSPS) is 10.2. The van der Waals surface area contributed by atoms with Gasteiger partial charge in [0.05, 0.1) is 6.61 Å². The lowest BCUT2D eigenvalue weighted by Crippen LogP contribution is -2.49. The highest BCUT2D eigenvalue weighted by Gasteiger charge is 2.10. The number of carbonyl (C=O) groups excluding carboxylic acids is 2. The van der Waals surface area contributed by atoms with Crippen molar-refractivity contribution in [2.45, 2.75) is 20.8 Å². The molecule has 2 aromatic rings. The standard InChI is InChI=1S/C22H27N3O5S/c1-4-28-11-12-29-18-9-6-8-17(13-18)21(27)23-22(31)25-24-20(26)14-30-19-10-5-7-15(2)16(19)3/h5-10,13H,4,11-12,14H2,1-3H3,(H,24,26)(H2,23,25,27,31). The van der Waals surface area contributed by atoms with Crippen LogP contribution in [0.2, 0.25) is 0 Å². The fourth-order valence-corrected chi connectivity index (χ4v) is 2.63. The second kappa shape index (κ2) is 12.5. The zero-order valence-electron chi connectivity index (χ0n) is 17.8. The van der Waals surface area contributed by atoms with Crippen LogP contribution in [0.3, 0.4) is 0 Å². The van der Waals surface area contributed by atoms with Gasteiger partial charge in [-0.25, -0.2) is 0 Å². The maximum atomic E-state index is 12.4. The Morgan fingerprint density at radius 2 is 1.77 bits per heavy atom. The highest BCUT2D eigenvalue weighted by Crippen LogP contribution is 2.20. The van der Waals surface area contributed by atoms with Crippen molar-refractivity contribution in [2.24, 2.45) is 0 Å². The van der Waals surface area contributed by atoms with Gasteiger partial charge in [-0.3, -0.25) is 25.8 Å². The molecule has 31 heavy (non-hydrogen) atoms. The van der Waals surface area contributed by atoms with Crippen LogP contribution in [-0.2, 0) is 9.53 Å². The SMILES string of the molecule is CCOCCOc1cccc(C(=O)NC(=S)NNC(=O)COc2cccc(C)c2C)c1. The quantitative estimate of drug-likeness (QED) is 0.310. The molecule has 0 saturated carbocycles. The minimum Gasteiger partial charge on any atom is -0.491 e. The second-order valence-corrected chi connectivity index (χ2v) is 6.92. The Bertz CT molecular complexity index is 920. The van der Waals surface area contributed by atoms with Gasteiger partial charge in [0, 0.05) is 12.2 Å². The van der Waals surface area contributed by atoms with Gasteiger partial charge in [-0.1, -0.05) is 18.2 Å². The van der Waals surface area contributed by atoms with E-state index in [0.29, 0.717) is 36.9 Å². The van der Waals surface area contributed by atoms with Crippen LogP contribution < -0.4 is 25.6 Å². The Labute approximate surface area is 187 Å². The number of aryl methyl sites for hydroxylation is 1. The lowest BCUT2D eigenvalue weighted by molar-refractivity contribution is -0.123. The monoisotopic (exact) mass is 445 g/mol. The van der Waals surface area contributed by atoms with Crippen LogP contribution in [0.15, 0.2) is 42.5 Å². The molecule has 2 amide bonds. The number of nitrogens with one attached hydrogen (secondary N) is 3. The highest BCUT2D eigenvalue weighted by molar-refractivity contribution is 7.80. The highest BCUT2D eigenvalue weighted by atomic mass is 32.1.